The van der Waals surface area contributed by atoms with Gasteiger partial charge in [0.15, 0.2) is 0 Å². The minimum atomic E-state index is 0.00277. The summed E-state index contributed by atoms with van der Waals surface area (Å²) < 4.78 is 0. The van der Waals surface area contributed by atoms with Gasteiger partial charge in [-0.3, -0.25) is 29.2 Å². The number of hydrogen-bond acceptors (Lipinski definition) is 4. The van der Waals surface area contributed by atoms with Gasteiger partial charge in [-0.15, -0.1) is 0 Å². The molecule has 6 rings (SSSR count). The Morgan fingerprint density at radius 2 is 1.08 bits per heavy atom. The Labute approximate surface area is 223 Å². The molecule has 0 saturated carbocycles. The largest absolute Gasteiger partial charge is 0.301 e. The predicted octanol–water partition coefficient (Wildman–Crippen LogP) is 5.05. The van der Waals surface area contributed by atoms with Gasteiger partial charge in [-0.05, 0) is 52.3 Å². The Bertz CT molecular complexity index is 1490. The summed E-state index contributed by atoms with van der Waals surface area (Å²) in [6.45, 7) is 14.3. The van der Waals surface area contributed by atoms with E-state index in [0.29, 0.717) is 31.0 Å². The fourth-order valence-electron chi connectivity index (χ4n) is 4.78. The van der Waals surface area contributed by atoms with E-state index in [1.165, 1.54) is 11.1 Å². The molecule has 3 aliphatic heterocycles. The number of benzene rings is 2. The first kappa shape index (κ1) is 24.3. The van der Waals surface area contributed by atoms with Gasteiger partial charge in [0.05, 0.1) is 22.8 Å². The summed E-state index contributed by atoms with van der Waals surface area (Å²) in [7, 11) is 0. The van der Waals surface area contributed by atoms with Crippen LogP contribution in [0, 0.1) is 0 Å². The number of carbonyl (C=O) groups is 3. The lowest BCUT2D eigenvalue weighted by Gasteiger charge is -2.26. The first-order valence-corrected chi connectivity index (χ1v) is 13.0. The lowest BCUT2D eigenvalue weighted by molar-refractivity contribution is -0.110. The maximum Gasteiger partial charge on any atom is 0.247 e. The summed E-state index contributed by atoms with van der Waals surface area (Å²) >= 11 is 0. The maximum absolute atomic E-state index is 12.1. The number of aromatic nitrogens is 1. The third-order valence-corrected chi connectivity index (χ3v) is 7.47. The summed E-state index contributed by atoms with van der Waals surface area (Å²) in [6.07, 6.45) is 1.83. The van der Waals surface area contributed by atoms with Gasteiger partial charge in [0.2, 0.25) is 17.7 Å². The van der Waals surface area contributed by atoms with Crippen LogP contribution in [0.25, 0.3) is 22.4 Å². The van der Waals surface area contributed by atoms with Gasteiger partial charge in [-0.1, -0.05) is 53.7 Å². The van der Waals surface area contributed by atoms with E-state index < -0.39 is 0 Å². The quantitative estimate of drug-likeness (QED) is 0.452. The molecule has 4 heterocycles. The summed E-state index contributed by atoms with van der Waals surface area (Å²) in [5.74, 6) is 0.0570. The highest BCUT2D eigenvalue weighted by Gasteiger charge is 2.42. The van der Waals surface area contributed by atoms with Crippen LogP contribution in [-0.2, 0) is 25.2 Å². The molecule has 3 aromatic rings. The van der Waals surface area contributed by atoms with E-state index in [9.17, 15) is 14.4 Å². The van der Waals surface area contributed by atoms with E-state index in [4.69, 9.17) is 4.98 Å². The molecule has 0 bridgehead atoms. The van der Waals surface area contributed by atoms with Crippen LogP contribution < -0.4 is 14.7 Å². The first-order chi connectivity index (χ1) is 17.8. The van der Waals surface area contributed by atoms with E-state index in [2.05, 4.69) is 59.7 Å². The monoisotopic (exact) mass is 508 g/mol. The van der Waals surface area contributed by atoms with Crippen molar-refractivity contribution in [3.63, 3.8) is 0 Å². The Kier molecular flexibility index (Phi) is 5.12. The predicted molar refractivity (Wildman–Crippen MR) is 150 cm³/mol. The summed E-state index contributed by atoms with van der Waals surface area (Å²) in [5, 5.41) is 0. The lowest BCUT2D eigenvalue weighted by atomic mass is 9.79. The van der Waals surface area contributed by atoms with Crippen LogP contribution in [0.1, 0.15) is 52.7 Å². The Morgan fingerprint density at radius 1 is 0.605 bits per heavy atom. The average Bonchev–Trinajstić information content (AvgIpc) is 3.79. The minimum absolute atomic E-state index is 0.00277. The smallest absolute Gasteiger partial charge is 0.247 e. The van der Waals surface area contributed by atoms with Crippen LogP contribution in [0.5, 0.6) is 0 Å². The third kappa shape index (κ3) is 4.36. The Hall–Kier alpha value is -4.00. The van der Waals surface area contributed by atoms with Crippen LogP contribution in [0.15, 0.2) is 48.7 Å². The zero-order valence-electron chi connectivity index (χ0n) is 22.8. The standard InChI is InChI=1S/C31H32N4O3/c1-30(2,3)20-9-19(10-21(11-20)31(4,5)6)23-8-7-18(14-32-23)22-12-25(34-16-28(34)37)26(35-17-29(35)38)13-24(22)33-15-27(33)36/h7-14H,15-17H2,1-6H3. The van der Waals surface area contributed by atoms with E-state index in [1.54, 1.807) is 14.7 Å². The van der Waals surface area contributed by atoms with Gasteiger partial charge in [0.25, 0.3) is 0 Å². The molecule has 0 unspecified atom stereocenters. The van der Waals surface area contributed by atoms with Crippen molar-refractivity contribution in [2.75, 3.05) is 34.3 Å². The molecule has 38 heavy (non-hydrogen) atoms. The van der Waals surface area contributed by atoms with Crippen molar-refractivity contribution in [2.45, 2.75) is 52.4 Å². The normalized spacial score (nSPS) is 16.9. The van der Waals surface area contributed by atoms with E-state index in [-0.39, 0.29) is 28.6 Å². The topological polar surface area (TPSA) is 73.1 Å². The summed E-state index contributed by atoms with van der Waals surface area (Å²) in [6, 6.07) is 14.6. The molecule has 3 fully saturated rings. The van der Waals surface area contributed by atoms with E-state index in [1.807, 2.05) is 30.5 Å². The summed E-state index contributed by atoms with van der Waals surface area (Å²) in [5.41, 5.74) is 8.27. The molecular formula is C31H32N4O3. The SMILES string of the molecule is CC(C)(C)c1cc(-c2ccc(-c3cc(N4CC4=O)c(N4CC4=O)cc3N3CC3=O)cn2)cc(C(C)(C)C)c1. The van der Waals surface area contributed by atoms with Gasteiger partial charge >= 0.3 is 0 Å². The third-order valence-electron chi connectivity index (χ3n) is 7.47. The Balaban J connectivity index is 1.43. The van der Waals surface area contributed by atoms with Crippen molar-refractivity contribution < 1.29 is 14.4 Å². The van der Waals surface area contributed by atoms with Crippen LogP contribution in [-0.4, -0.2) is 42.3 Å². The number of anilines is 3. The maximum atomic E-state index is 12.1. The van der Waals surface area contributed by atoms with E-state index in [0.717, 1.165) is 28.1 Å². The Morgan fingerprint density at radius 3 is 1.50 bits per heavy atom. The number of hydrogen-bond donors (Lipinski definition) is 0. The number of carbonyl (C=O) groups excluding carboxylic acids is 3. The molecule has 3 saturated heterocycles. The van der Waals surface area contributed by atoms with Crippen LogP contribution >= 0.6 is 0 Å². The number of pyridine rings is 1. The zero-order chi connectivity index (χ0) is 27.1. The molecule has 7 heteroatoms. The molecule has 7 nitrogen and oxygen atoms in total. The van der Waals surface area contributed by atoms with Crippen molar-refractivity contribution in [1.29, 1.82) is 0 Å². The molecule has 0 spiro atoms. The van der Waals surface area contributed by atoms with Crippen molar-refractivity contribution in [2.24, 2.45) is 0 Å². The molecular weight excluding hydrogens is 476 g/mol. The summed E-state index contributed by atoms with van der Waals surface area (Å²) in [4.78, 5) is 46.0. The van der Waals surface area contributed by atoms with Crippen molar-refractivity contribution in [3.8, 4) is 22.4 Å². The van der Waals surface area contributed by atoms with Crippen LogP contribution in [0.2, 0.25) is 0 Å². The number of nitrogens with zero attached hydrogens (tertiary/aromatic N) is 4. The van der Waals surface area contributed by atoms with Gasteiger partial charge in [0, 0.05) is 22.9 Å². The fourth-order valence-corrected chi connectivity index (χ4v) is 4.78. The van der Waals surface area contributed by atoms with Crippen molar-refractivity contribution in [1.82, 2.24) is 4.98 Å². The zero-order valence-corrected chi connectivity index (χ0v) is 22.8. The molecule has 0 atom stereocenters. The molecule has 1 aromatic heterocycles. The van der Waals surface area contributed by atoms with Gasteiger partial charge in [-0.2, -0.15) is 0 Å². The van der Waals surface area contributed by atoms with Crippen molar-refractivity contribution in [3.05, 3.63) is 59.8 Å². The second kappa shape index (κ2) is 8.00. The number of rotatable bonds is 5. The molecule has 0 aliphatic carbocycles. The van der Waals surface area contributed by atoms with Gasteiger partial charge in [-0.25, -0.2) is 0 Å². The van der Waals surface area contributed by atoms with Crippen LogP contribution in [0.3, 0.4) is 0 Å². The van der Waals surface area contributed by atoms with Gasteiger partial charge in [0.1, 0.15) is 19.6 Å². The molecule has 0 N–H and O–H groups in total. The molecule has 0 radical (unpaired) electrons. The second-order valence-corrected chi connectivity index (χ2v) is 12.5. The molecule has 194 valence electrons. The first-order valence-electron chi connectivity index (χ1n) is 13.0. The molecule has 2 aromatic carbocycles. The van der Waals surface area contributed by atoms with Crippen molar-refractivity contribution >= 4 is 34.8 Å². The molecule has 3 amide bonds. The van der Waals surface area contributed by atoms with E-state index >= 15 is 0 Å². The highest BCUT2D eigenvalue weighted by molar-refractivity contribution is 6.21. The molecule has 3 aliphatic rings. The van der Waals surface area contributed by atoms with Crippen LogP contribution in [0.4, 0.5) is 17.1 Å². The fraction of sp³-hybridized carbons (Fsp3) is 0.355. The highest BCUT2D eigenvalue weighted by Crippen LogP contribution is 2.46. The average molecular weight is 509 g/mol. The minimum Gasteiger partial charge on any atom is -0.301 e. The highest BCUT2D eigenvalue weighted by atomic mass is 16.2. The second-order valence-electron chi connectivity index (χ2n) is 12.5. The van der Waals surface area contributed by atoms with Gasteiger partial charge < -0.3 is 4.90 Å². The lowest BCUT2D eigenvalue weighted by Crippen LogP contribution is -2.16. The number of amides is 3.